The van der Waals surface area contributed by atoms with E-state index in [1.165, 1.54) is 11.1 Å². The summed E-state index contributed by atoms with van der Waals surface area (Å²) >= 11 is 7.14. The van der Waals surface area contributed by atoms with Gasteiger partial charge < -0.3 is 9.64 Å². The molecule has 1 aliphatic heterocycles. The average Bonchev–Trinajstić information content (AvgIpc) is 3.21. The minimum Gasteiger partial charge on any atom is -0.371 e. The third-order valence-corrected chi connectivity index (χ3v) is 7.33. The van der Waals surface area contributed by atoms with Crippen LogP contribution in [0.1, 0.15) is 33.2 Å². The van der Waals surface area contributed by atoms with Crippen molar-refractivity contribution in [1.82, 2.24) is 14.8 Å². The molecule has 5 nitrogen and oxygen atoms in total. The van der Waals surface area contributed by atoms with Gasteiger partial charge in [-0.25, -0.2) is 0 Å². The standard InChI is InChI=1S/C26H25Br2N3O2.2ClH/c27-20-13-18(14-21(28)16-20)17-33-24-15-19-5-1-2-6-22(19)25(24)30-9-11-31(12-10-30)26(32)23-7-3-4-8-29-23;;/h1-8,13-14,16,24-25H,9-12,15,17H2;2*1H/t24-,25+;;/m1../s1. The minimum atomic E-state index is 0. The first kappa shape index (κ1) is 28.1. The summed E-state index contributed by atoms with van der Waals surface area (Å²) in [7, 11) is 0. The number of fused-ring (bicyclic) bond motifs is 1. The zero-order valence-electron chi connectivity index (χ0n) is 19.0. The van der Waals surface area contributed by atoms with Crippen molar-refractivity contribution in [2.24, 2.45) is 0 Å². The number of carbonyl (C=O) groups excluding carboxylic acids is 1. The third kappa shape index (κ3) is 6.45. The van der Waals surface area contributed by atoms with Gasteiger partial charge in [0.1, 0.15) is 5.69 Å². The van der Waals surface area contributed by atoms with E-state index in [0.29, 0.717) is 25.4 Å². The highest BCUT2D eigenvalue weighted by Crippen LogP contribution is 2.38. The van der Waals surface area contributed by atoms with Crippen LogP contribution in [0.5, 0.6) is 0 Å². The molecule has 1 fully saturated rings. The van der Waals surface area contributed by atoms with Crippen LogP contribution in [0, 0.1) is 0 Å². The maximum atomic E-state index is 12.8. The molecule has 5 rings (SSSR count). The van der Waals surface area contributed by atoms with E-state index in [-0.39, 0.29) is 42.9 Å². The summed E-state index contributed by atoms with van der Waals surface area (Å²) in [5.74, 6) is 0.00936. The molecule has 1 aromatic heterocycles. The van der Waals surface area contributed by atoms with Crippen LogP contribution in [-0.4, -0.2) is 53.0 Å². The zero-order chi connectivity index (χ0) is 22.8. The Morgan fingerprint density at radius 1 is 0.943 bits per heavy atom. The molecule has 1 amide bonds. The highest BCUT2D eigenvalue weighted by atomic mass is 79.9. The largest absolute Gasteiger partial charge is 0.371 e. The molecular weight excluding hydrogens is 617 g/mol. The Hall–Kier alpha value is -1.48. The van der Waals surface area contributed by atoms with Crippen LogP contribution in [0.4, 0.5) is 0 Å². The normalized spacial score (nSPS) is 19.4. The van der Waals surface area contributed by atoms with Crippen molar-refractivity contribution in [2.75, 3.05) is 26.2 Å². The number of benzene rings is 2. The molecule has 0 unspecified atom stereocenters. The van der Waals surface area contributed by atoms with E-state index in [0.717, 1.165) is 34.0 Å². The van der Waals surface area contributed by atoms with E-state index >= 15 is 0 Å². The predicted octanol–water partition coefficient (Wildman–Crippen LogP) is 6.09. The Kier molecular flexibility index (Phi) is 10.2. The van der Waals surface area contributed by atoms with E-state index in [2.05, 4.69) is 78.1 Å². The van der Waals surface area contributed by atoms with Crippen LogP contribution in [-0.2, 0) is 17.8 Å². The van der Waals surface area contributed by atoms with Gasteiger partial charge in [-0.2, -0.15) is 0 Å². The number of nitrogens with zero attached hydrogens (tertiary/aromatic N) is 3. The summed E-state index contributed by atoms with van der Waals surface area (Å²) < 4.78 is 8.59. The summed E-state index contributed by atoms with van der Waals surface area (Å²) in [5, 5.41) is 0. The maximum absolute atomic E-state index is 12.8. The average molecular weight is 644 g/mol. The molecule has 0 spiro atoms. The molecule has 0 saturated carbocycles. The number of ether oxygens (including phenoxy) is 1. The molecule has 2 aromatic carbocycles. The van der Waals surface area contributed by atoms with Crippen LogP contribution < -0.4 is 0 Å². The molecule has 35 heavy (non-hydrogen) atoms. The quantitative estimate of drug-likeness (QED) is 0.338. The van der Waals surface area contributed by atoms with Crippen LogP contribution >= 0.6 is 56.7 Å². The molecule has 2 atom stereocenters. The highest BCUT2D eigenvalue weighted by molar-refractivity contribution is 9.11. The summed E-state index contributed by atoms with van der Waals surface area (Å²) in [6.45, 7) is 3.59. The van der Waals surface area contributed by atoms with E-state index in [1.807, 2.05) is 23.1 Å². The number of hydrogen-bond donors (Lipinski definition) is 0. The van der Waals surface area contributed by atoms with Gasteiger partial charge in [0, 0.05) is 47.7 Å². The van der Waals surface area contributed by atoms with Crippen LogP contribution in [0.25, 0.3) is 0 Å². The number of piperazine rings is 1. The van der Waals surface area contributed by atoms with Gasteiger partial charge in [-0.3, -0.25) is 14.7 Å². The molecule has 2 aliphatic rings. The van der Waals surface area contributed by atoms with Gasteiger partial charge in [0.2, 0.25) is 0 Å². The van der Waals surface area contributed by atoms with E-state index < -0.39 is 0 Å². The monoisotopic (exact) mass is 641 g/mol. The molecule has 2 heterocycles. The van der Waals surface area contributed by atoms with Gasteiger partial charge in [-0.15, -0.1) is 24.8 Å². The fraction of sp³-hybridized carbons (Fsp3) is 0.308. The van der Waals surface area contributed by atoms with Crippen molar-refractivity contribution >= 4 is 62.6 Å². The summed E-state index contributed by atoms with van der Waals surface area (Å²) in [4.78, 5) is 21.4. The van der Waals surface area contributed by atoms with Crippen LogP contribution in [0.2, 0.25) is 0 Å². The first-order chi connectivity index (χ1) is 16.1. The molecule has 1 saturated heterocycles. The summed E-state index contributed by atoms with van der Waals surface area (Å²) in [6.07, 6.45) is 2.66. The second-order valence-electron chi connectivity index (χ2n) is 8.52. The number of amides is 1. The molecule has 0 N–H and O–H groups in total. The Morgan fingerprint density at radius 3 is 2.31 bits per heavy atom. The number of halogens is 4. The fourth-order valence-corrected chi connectivity index (χ4v) is 6.26. The lowest BCUT2D eigenvalue weighted by atomic mass is 10.0. The molecule has 9 heteroatoms. The lowest BCUT2D eigenvalue weighted by Crippen LogP contribution is -2.51. The molecule has 3 aromatic rings. The van der Waals surface area contributed by atoms with Crippen molar-refractivity contribution < 1.29 is 9.53 Å². The van der Waals surface area contributed by atoms with Crippen LogP contribution in [0.3, 0.4) is 0 Å². The van der Waals surface area contributed by atoms with Gasteiger partial charge in [-0.05, 0) is 47.0 Å². The Balaban J connectivity index is 0.00000171. The maximum Gasteiger partial charge on any atom is 0.272 e. The van der Waals surface area contributed by atoms with E-state index in [1.54, 1.807) is 12.3 Å². The van der Waals surface area contributed by atoms with Gasteiger partial charge in [0.25, 0.3) is 5.91 Å². The van der Waals surface area contributed by atoms with E-state index in [9.17, 15) is 4.79 Å². The Labute approximate surface area is 235 Å². The summed E-state index contributed by atoms with van der Waals surface area (Å²) in [6, 6.07) is 20.6. The van der Waals surface area contributed by atoms with Gasteiger partial charge in [0.05, 0.1) is 18.8 Å². The van der Waals surface area contributed by atoms with Crippen molar-refractivity contribution in [3.8, 4) is 0 Å². The second kappa shape index (κ2) is 12.7. The molecule has 0 bridgehead atoms. The minimum absolute atomic E-state index is 0. The third-order valence-electron chi connectivity index (χ3n) is 6.41. The van der Waals surface area contributed by atoms with Gasteiger partial charge in [0.15, 0.2) is 0 Å². The fourth-order valence-electron chi connectivity index (χ4n) is 4.87. The number of pyridine rings is 1. The molecule has 186 valence electrons. The lowest BCUT2D eigenvalue weighted by Gasteiger charge is -2.40. The molecule has 1 aliphatic carbocycles. The topological polar surface area (TPSA) is 45.7 Å². The van der Waals surface area contributed by atoms with Crippen molar-refractivity contribution in [1.29, 1.82) is 0 Å². The highest BCUT2D eigenvalue weighted by Gasteiger charge is 2.39. The van der Waals surface area contributed by atoms with Crippen molar-refractivity contribution in [2.45, 2.75) is 25.2 Å². The van der Waals surface area contributed by atoms with Crippen molar-refractivity contribution in [3.05, 3.63) is 98.2 Å². The Morgan fingerprint density at radius 2 is 1.63 bits per heavy atom. The van der Waals surface area contributed by atoms with Crippen LogP contribution in [0.15, 0.2) is 75.8 Å². The number of carbonyl (C=O) groups is 1. The lowest BCUT2D eigenvalue weighted by molar-refractivity contribution is -0.0269. The Bertz CT molecular complexity index is 1120. The SMILES string of the molecule is Cl.Cl.O=C(c1ccccn1)N1CCN([C@H]2c3ccccc3C[C@H]2OCc2cc(Br)cc(Br)c2)CC1. The number of aromatic nitrogens is 1. The predicted molar refractivity (Wildman–Crippen MR) is 150 cm³/mol. The number of rotatable bonds is 5. The van der Waals surface area contributed by atoms with E-state index in [4.69, 9.17) is 4.74 Å². The first-order valence-electron chi connectivity index (χ1n) is 11.2. The smallest absolute Gasteiger partial charge is 0.272 e. The van der Waals surface area contributed by atoms with Crippen molar-refractivity contribution in [3.63, 3.8) is 0 Å². The number of hydrogen-bond acceptors (Lipinski definition) is 4. The molecular formula is C26H27Br2Cl2N3O2. The van der Waals surface area contributed by atoms with Gasteiger partial charge in [-0.1, -0.05) is 62.2 Å². The zero-order valence-corrected chi connectivity index (χ0v) is 23.8. The van der Waals surface area contributed by atoms with Gasteiger partial charge >= 0.3 is 0 Å². The summed E-state index contributed by atoms with van der Waals surface area (Å²) in [5.41, 5.74) is 4.35. The second-order valence-corrected chi connectivity index (χ2v) is 10.3. The first-order valence-corrected chi connectivity index (χ1v) is 12.8. The molecule has 0 radical (unpaired) electrons.